The molecule has 174 valence electrons. The van der Waals surface area contributed by atoms with Gasteiger partial charge in [-0.25, -0.2) is 4.39 Å². The quantitative estimate of drug-likeness (QED) is 0.267. The van der Waals surface area contributed by atoms with E-state index in [0.29, 0.717) is 27.4 Å². The predicted octanol–water partition coefficient (Wildman–Crippen LogP) is 6.58. The van der Waals surface area contributed by atoms with Gasteiger partial charge in [0.25, 0.3) is 0 Å². The van der Waals surface area contributed by atoms with Gasteiger partial charge < -0.3 is 10.1 Å². The van der Waals surface area contributed by atoms with Gasteiger partial charge >= 0.3 is 0 Å². The largest absolute Gasteiger partial charge is 0.483 e. The second-order valence-electron chi connectivity index (χ2n) is 7.16. The van der Waals surface area contributed by atoms with Gasteiger partial charge in [-0.3, -0.25) is 9.36 Å². The Labute approximate surface area is 210 Å². The van der Waals surface area contributed by atoms with E-state index in [4.69, 9.17) is 27.9 Å². The van der Waals surface area contributed by atoms with Crippen molar-refractivity contribution in [3.8, 4) is 11.4 Å². The third kappa shape index (κ3) is 5.70. The van der Waals surface area contributed by atoms with E-state index in [0.717, 1.165) is 5.69 Å². The highest BCUT2D eigenvalue weighted by atomic mass is 35.5. The number of thioether (sulfide) groups is 1. The van der Waals surface area contributed by atoms with Gasteiger partial charge in [-0.05, 0) is 55.5 Å². The van der Waals surface area contributed by atoms with Gasteiger partial charge in [-0.15, -0.1) is 10.2 Å². The summed E-state index contributed by atoms with van der Waals surface area (Å²) < 4.78 is 21.0. The molecule has 4 aromatic rings. The smallest absolute Gasteiger partial charge is 0.234 e. The molecule has 1 aromatic heterocycles. The highest BCUT2D eigenvalue weighted by Crippen LogP contribution is 2.31. The molecule has 10 heteroatoms. The van der Waals surface area contributed by atoms with Gasteiger partial charge in [0.1, 0.15) is 11.6 Å². The number of nitrogens with zero attached hydrogens (tertiary/aromatic N) is 3. The average molecular weight is 517 g/mol. The zero-order valence-corrected chi connectivity index (χ0v) is 20.2. The molecule has 0 fully saturated rings. The lowest BCUT2D eigenvalue weighted by Gasteiger charge is -2.16. The van der Waals surface area contributed by atoms with E-state index in [-0.39, 0.29) is 22.5 Å². The van der Waals surface area contributed by atoms with Gasteiger partial charge in [-0.2, -0.15) is 0 Å². The summed E-state index contributed by atoms with van der Waals surface area (Å²) in [7, 11) is 0. The third-order valence-electron chi connectivity index (χ3n) is 4.72. The molecule has 0 spiro atoms. The van der Waals surface area contributed by atoms with E-state index in [9.17, 15) is 9.18 Å². The van der Waals surface area contributed by atoms with E-state index in [1.165, 1.54) is 23.9 Å². The normalized spacial score (nSPS) is 11.8. The summed E-state index contributed by atoms with van der Waals surface area (Å²) in [6.45, 7) is 1.83. The number of carbonyl (C=O) groups excluding carboxylic acids is 1. The first-order valence-corrected chi connectivity index (χ1v) is 12.0. The molecule has 1 amide bonds. The number of ether oxygens (including phenoxy) is 1. The van der Waals surface area contributed by atoms with E-state index < -0.39 is 6.10 Å². The molecular formula is C24H19Cl2FN4O2S. The number of amides is 1. The molecular weight excluding hydrogens is 498 g/mol. The molecule has 1 atom stereocenters. The average Bonchev–Trinajstić information content (AvgIpc) is 3.27. The predicted molar refractivity (Wildman–Crippen MR) is 133 cm³/mol. The summed E-state index contributed by atoms with van der Waals surface area (Å²) in [5.41, 5.74) is 1.25. The number of nitrogens with one attached hydrogen (secondary N) is 1. The fourth-order valence-electron chi connectivity index (χ4n) is 3.14. The summed E-state index contributed by atoms with van der Waals surface area (Å²) in [5, 5.41) is 12.5. The van der Waals surface area contributed by atoms with E-state index in [1.54, 1.807) is 30.3 Å². The number of halogens is 3. The fraction of sp³-hybridized carbons (Fsp3) is 0.125. The summed E-state index contributed by atoms with van der Waals surface area (Å²) in [6.07, 6.45) is -0.494. The summed E-state index contributed by atoms with van der Waals surface area (Å²) in [5.74, 6) is 0.498. The van der Waals surface area contributed by atoms with Crippen LogP contribution in [0.2, 0.25) is 10.0 Å². The summed E-state index contributed by atoms with van der Waals surface area (Å²) >= 11 is 13.4. The molecule has 1 unspecified atom stereocenters. The standard InChI is InChI=1S/C24H19Cl2FN4O2S/c1-15(33-18-12-10-16(27)11-13-18)23-29-30-24(31(23)17-6-3-2-4-7-17)34-14-21(32)28-20-9-5-8-19(25)22(20)26/h2-13,15H,14H2,1H3,(H,28,32). The fourth-order valence-corrected chi connectivity index (χ4v) is 4.25. The Hall–Kier alpha value is -3.07. The van der Waals surface area contributed by atoms with Crippen LogP contribution in [0.5, 0.6) is 5.75 Å². The molecule has 34 heavy (non-hydrogen) atoms. The molecule has 3 aromatic carbocycles. The SMILES string of the molecule is CC(Oc1ccc(F)cc1)c1nnc(SCC(=O)Nc2cccc(Cl)c2Cl)n1-c1ccccc1. The van der Waals surface area contributed by atoms with Crippen molar-refractivity contribution in [2.45, 2.75) is 18.2 Å². The monoisotopic (exact) mass is 516 g/mol. The molecule has 0 aliphatic carbocycles. The van der Waals surface area contributed by atoms with Crippen LogP contribution in [-0.4, -0.2) is 26.4 Å². The first kappa shape index (κ1) is 24.1. The van der Waals surface area contributed by atoms with E-state index in [2.05, 4.69) is 15.5 Å². The number of rotatable bonds is 8. The lowest BCUT2D eigenvalue weighted by atomic mass is 10.3. The second-order valence-corrected chi connectivity index (χ2v) is 8.89. The Balaban J connectivity index is 1.54. The maximum atomic E-state index is 13.2. The zero-order chi connectivity index (χ0) is 24.1. The van der Waals surface area contributed by atoms with Crippen molar-refractivity contribution in [3.63, 3.8) is 0 Å². The number of hydrogen-bond acceptors (Lipinski definition) is 5. The van der Waals surface area contributed by atoms with Crippen molar-refractivity contribution in [2.24, 2.45) is 0 Å². The Morgan fingerprint density at radius 2 is 1.79 bits per heavy atom. The maximum absolute atomic E-state index is 13.2. The molecule has 0 bridgehead atoms. The highest BCUT2D eigenvalue weighted by molar-refractivity contribution is 7.99. The lowest BCUT2D eigenvalue weighted by molar-refractivity contribution is -0.113. The molecule has 0 saturated carbocycles. The van der Waals surface area contributed by atoms with Crippen LogP contribution in [0.1, 0.15) is 18.9 Å². The maximum Gasteiger partial charge on any atom is 0.234 e. The Kier molecular flexibility index (Phi) is 7.72. The van der Waals surface area contributed by atoms with E-state index in [1.807, 2.05) is 41.8 Å². The van der Waals surface area contributed by atoms with Crippen LogP contribution in [0.25, 0.3) is 5.69 Å². The first-order valence-electron chi connectivity index (χ1n) is 10.2. The minimum absolute atomic E-state index is 0.0704. The molecule has 0 aliphatic rings. The van der Waals surface area contributed by atoms with Crippen LogP contribution in [0, 0.1) is 5.82 Å². The van der Waals surface area contributed by atoms with Crippen molar-refractivity contribution in [1.29, 1.82) is 0 Å². The zero-order valence-electron chi connectivity index (χ0n) is 17.9. The number of para-hydroxylation sites is 1. The topological polar surface area (TPSA) is 69.0 Å². The number of hydrogen-bond donors (Lipinski definition) is 1. The van der Waals surface area contributed by atoms with Crippen molar-refractivity contribution in [3.05, 3.63) is 94.5 Å². The number of carbonyl (C=O) groups is 1. The Morgan fingerprint density at radius 3 is 2.53 bits per heavy atom. The van der Waals surface area contributed by atoms with Gasteiger partial charge in [0.2, 0.25) is 5.91 Å². The molecule has 6 nitrogen and oxygen atoms in total. The van der Waals surface area contributed by atoms with Crippen LogP contribution < -0.4 is 10.1 Å². The van der Waals surface area contributed by atoms with Crippen molar-refractivity contribution >= 4 is 46.6 Å². The summed E-state index contributed by atoms with van der Waals surface area (Å²) in [6, 6.07) is 20.3. The van der Waals surface area contributed by atoms with Crippen molar-refractivity contribution < 1.29 is 13.9 Å². The Bertz CT molecular complexity index is 1290. The van der Waals surface area contributed by atoms with Crippen LogP contribution in [0.3, 0.4) is 0 Å². The van der Waals surface area contributed by atoms with Crippen molar-refractivity contribution in [1.82, 2.24) is 14.8 Å². The van der Waals surface area contributed by atoms with Crippen molar-refractivity contribution in [2.75, 3.05) is 11.1 Å². The molecule has 0 aliphatic heterocycles. The van der Waals surface area contributed by atoms with Crippen LogP contribution in [-0.2, 0) is 4.79 Å². The number of benzene rings is 3. The third-order valence-corrected chi connectivity index (χ3v) is 6.47. The molecule has 1 heterocycles. The van der Waals surface area contributed by atoms with E-state index >= 15 is 0 Å². The lowest BCUT2D eigenvalue weighted by Crippen LogP contribution is -2.15. The second kappa shape index (κ2) is 10.9. The van der Waals surface area contributed by atoms with Crippen LogP contribution in [0.4, 0.5) is 10.1 Å². The molecule has 4 rings (SSSR count). The van der Waals surface area contributed by atoms with Crippen LogP contribution >= 0.6 is 35.0 Å². The molecule has 0 radical (unpaired) electrons. The minimum atomic E-state index is -0.494. The molecule has 0 saturated heterocycles. The minimum Gasteiger partial charge on any atom is -0.483 e. The Morgan fingerprint density at radius 1 is 1.06 bits per heavy atom. The van der Waals surface area contributed by atoms with Gasteiger partial charge in [0.15, 0.2) is 17.1 Å². The first-order chi connectivity index (χ1) is 16.4. The highest BCUT2D eigenvalue weighted by Gasteiger charge is 2.22. The number of anilines is 1. The van der Waals surface area contributed by atoms with Crippen LogP contribution in [0.15, 0.2) is 78.0 Å². The van der Waals surface area contributed by atoms with Gasteiger partial charge in [0, 0.05) is 5.69 Å². The molecule has 1 N–H and O–H groups in total. The van der Waals surface area contributed by atoms with Gasteiger partial charge in [-0.1, -0.05) is 59.2 Å². The number of aromatic nitrogens is 3. The van der Waals surface area contributed by atoms with Gasteiger partial charge in [0.05, 0.1) is 21.5 Å². The summed E-state index contributed by atoms with van der Waals surface area (Å²) in [4.78, 5) is 12.6.